The van der Waals surface area contributed by atoms with Gasteiger partial charge in [0.05, 0.1) is 26.3 Å². The molecule has 2 aromatic carbocycles. The molecule has 2 N–H and O–H groups in total. The normalized spacial score (nSPS) is 10.3. The Balaban J connectivity index is 1.64. The quantitative estimate of drug-likeness (QED) is 0.688. The number of nitrogens with zero attached hydrogens (tertiary/aromatic N) is 2. The topological polar surface area (TPSA) is 98.5 Å². The first-order valence-corrected chi connectivity index (χ1v) is 7.95. The number of anilines is 2. The summed E-state index contributed by atoms with van der Waals surface area (Å²) < 4.78 is 28.7. The monoisotopic (exact) mass is 372 g/mol. The Hall–Kier alpha value is -3.62. The molecule has 140 valence electrons. The van der Waals surface area contributed by atoms with Crippen LogP contribution in [0.15, 0.2) is 46.9 Å². The molecule has 0 spiro atoms. The standard InChI is InChI=1S/C18H17FN4O4/c1-25-14-5-3-4-13(16(14)26-2)20-17(24)21-18-23-22-15(27-18)10-11-6-8-12(19)9-7-11/h3-9H,10H2,1-2H3,(H2,20,21,23,24). The van der Waals surface area contributed by atoms with E-state index in [2.05, 4.69) is 20.8 Å². The van der Waals surface area contributed by atoms with Crippen molar-refractivity contribution in [2.24, 2.45) is 0 Å². The summed E-state index contributed by atoms with van der Waals surface area (Å²) in [5.74, 6) is 0.833. The lowest BCUT2D eigenvalue weighted by Gasteiger charge is -2.12. The van der Waals surface area contributed by atoms with Crippen molar-refractivity contribution in [1.29, 1.82) is 0 Å². The largest absolute Gasteiger partial charge is 0.493 e. The van der Waals surface area contributed by atoms with E-state index in [-0.39, 0.29) is 17.7 Å². The highest BCUT2D eigenvalue weighted by Gasteiger charge is 2.14. The molecule has 27 heavy (non-hydrogen) atoms. The Bertz CT molecular complexity index is 927. The van der Waals surface area contributed by atoms with Crippen molar-refractivity contribution in [3.63, 3.8) is 0 Å². The molecular formula is C18H17FN4O4. The van der Waals surface area contributed by atoms with Gasteiger partial charge < -0.3 is 19.2 Å². The molecule has 0 saturated carbocycles. The van der Waals surface area contributed by atoms with Gasteiger partial charge >= 0.3 is 12.0 Å². The second-order valence-electron chi connectivity index (χ2n) is 5.42. The highest BCUT2D eigenvalue weighted by Crippen LogP contribution is 2.34. The number of amides is 2. The van der Waals surface area contributed by atoms with Crippen LogP contribution in [-0.4, -0.2) is 30.4 Å². The van der Waals surface area contributed by atoms with Crippen LogP contribution < -0.4 is 20.1 Å². The summed E-state index contributed by atoms with van der Waals surface area (Å²) in [5, 5.41) is 12.7. The predicted molar refractivity (Wildman–Crippen MR) is 95.7 cm³/mol. The molecule has 0 bridgehead atoms. The lowest BCUT2D eigenvalue weighted by atomic mass is 10.1. The molecule has 9 heteroatoms. The Morgan fingerprint density at radius 2 is 1.85 bits per heavy atom. The maximum absolute atomic E-state index is 12.9. The first kappa shape index (κ1) is 18.2. The minimum atomic E-state index is -0.585. The minimum absolute atomic E-state index is 0.0634. The van der Waals surface area contributed by atoms with Gasteiger partial charge in [0.2, 0.25) is 5.89 Å². The molecule has 1 heterocycles. The van der Waals surface area contributed by atoms with Crippen LogP contribution in [0, 0.1) is 5.82 Å². The van der Waals surface area contributed by atoms with E-state index in [1.54, 1.807) is 30.3 Å². The Labute approximate surface area is 154 Å². The molecule has 2 amide bonds. The molecule has 0 unspecified atom stereocenters. The molecule has 3 rings (SSSR count). The fourth-order valence-corrected chi connectivity index (χ4v) is 2.39. The summed E-state index contributed by atoms with van der Waals surface area (Å²) in [5.41, 5.74) is 1.22. The number of nitrogens with one attached hydrogen (secondary N) is 2. The van der Waals surface area contributed by atoms with Gasteiger partial charge in [0.15, 0.2) is 11.5 Å². The number of hydrogen-bond acceptors (Lipinski definition) is 6. The zero-order valence-electron chi connectivity index (χ0n) is 14.7. The highest BCUT2D eigenvalue weighted by molar-refractivity contribution is 5.99. The number of halogens is 1. The number of aromatic nitrogens is 2. The van der Waals surface area contributed by atoms with Gasteiger partial charge in [0.25, 0.3) is 0 Å². The number of rotatable bonds is 6. The van der Waals surface area contributed by atoms with Gasteiger partial charge in [0, 0.05) is 0 Å². The number of methoxy groups -OCH3 is 2. The van der Waals surface area contributed by atoms with Crippen LogP contribution >= 0.6 is 0 Å². The second kappa shape index (κ2) is 8.17. The third kappa shape index (κ3) is 4.51. The SMILES string of the molecule is COc1cccc(NC(=O)Nc2nnc(Cc3ccc(F)cc3)o2)c1OC. The average Bonchev–Trinajstić information content (AvgIpc) is 3.10. The van der Waals surface area contributed by atoms with E-state index in [0.717, 1.165) is 5.56 Å². The smallest absolute Gasteiger partial charge is 0.327 e. The van der Waals surface area contributed by atoms with E-state index >= 15 is 0 Å². The van der Waals surface area contributed by atoms with Crippen molar-refractivity contribution in [2.75, 3.05) is 24.9 Å². The summed E-state index contributed by atoms with van der Waals surface area (Å²) in [7, 11) is 2.98. The van der Waals surface area contributed by atoms with Crippen LogP contribution in [0.1, 0.15) is 11.5 Å². The lowest BCUT2D eigenvalue weighted by molar-refractivity contribution is 0.261. The van der Waals surface area contributed by atoms with Gasteiger partial charge in [-0.3, -0.25) is 5.32 Å². The van der Waals surface area contributed by atoms with Crippen LogP contribution in [0.3, 0.4) is 0 Å². The maximum Gasteiger partial charge on any atom is 0.327 e. The highest BCUT2D eigenvalue weighted by atomic mass is 19.1. The van der Waals surface area contributed by atoms with E-state index in [9.17, 15) is 9.18 Å². The third-order valence-corrected chi connectivity index (χ3v) is 3.61. The molecule has 1 aromatic heterocycles. The fraction of sp³-hybridized carbons (Fsp3) is 0.167. The van der Waals surface area contributed by atoms with Crippen molar-refractivity contribution >= 4 is 17.7 Å². The van der Waals surface area contributed by atoms with Crippen LogP contribution in [-0.2, 0) is 6.42 Å². The van der Waals surface area contributed by atoms with Crippen LogP contribution in [0.25, 0.3) is 0 Å². The summed E-state index contributed by atoms with van der Waals surface area (Å²) in [6, 6.07) is 10.4. The van der Waals surface area contributed by atoms with Gasteiger partial charge in [-0.1, -0.05) is 23.3 Å². The summed E-state index contributed by atoms with van der Waals surface area (Å²) in [6.07, 6.45) is 0.320. The predicted octanol–water partition coefficient (Wildman–Crippen LogP) is 3.46. The van der Waals surface area contributed by atoms with Crippen LogP contribution in [0.4, 0.5) is 20.9 Å². The van der Waals surface area contributed by atoms with Crippen LogP contribution in [0.2, 0.25) is 0 Å². The molecule has 3 aromatic rings. The zero-order chi connectivity index (χ0) is 19.2. The second-order valence-corrected chi connectivity index (χ2v) is 5.42. The number of carbonyl (C=O) groups is 1. The summed E-state index contributed by atoms with van der Waals surface area (Å²) in [4.78, 5) is 12.2. The van der Waals surface area contributed by atoms with Gasteiger partial charge in [-0.2, -0.15) is 0 Å². The fourth-order valence-electron chi connectivity index (χ4n) is 2.39. The van der Waals surface area contributed by atoms with Gasteiger partial charge in [-0.05, 0) is 29.8 Å². The summed E-state index contributed by atoms with van der Waals surface area (Å²) in [6.45, 7) is 0. The zero-order valence-corrected chi connectivity index (χ0v) is 14.7. The molecule has 0 aliphatic heterocycles. The van der Waals surface area contributed by atoms with E-state index in [0.29, 0.717) is 23.6 Å². The number of benzene rings is 2. The molecule has 0 aliphatic carbocycles. The molecule has 0 radical (unpaired) electrons. The molecule has 0 aliphatic rings. The minimum Gasteiger partial charge on any atom is -0.493 e. The van der Waals surface area contributed by atoms with Gasteiger partial charge in [0.1, 0.15) is 5.82 Å². The number of ether oxygens (including phenoxy) is 2. The van der Waals surface area contributed by atoms with Crippen molar-refractivity contribution < 1.29 is 23.1 Å². The molecule has 0 fully saturated rings. The third-order valence-electron chi connectivity index (χ3n) is 3.61. The van der Waals surface area contributed by atoms with E-state index in [4.69, 9.17) is 13.9 Å². The van der Waals surface area contributed by atoms with E-state index in [1.165, 1.54) is 26.4 Å². The molecule has 0 atom stereocenters. The lowest BCUT2D eigenvalue weighted by Crippen LogP contribution is -2.20. The van der Waals surface area contributed by atoms with Crippen molar-refractivity contribution in [2.45, 2.75) is 6.42 Å². The summed E-state index contributed by atoms with van der Waals surface area (Å²) >= 11 is 0. The van der Waals surface area contributed by atoms with Crippen molar-refractivity contribution in [3.8, 4) is 11.5 Å². The van der Waals surface area contributed by atoms with Crippen molar-refractivity contribution in [1.82, 2.24) is 10.2 Å². The van der Waals surface area contributed by atoms with Crippen LogP contribution in [0.5, 0.6) is 11.5 Å². The van der Waals surface area contributed by atoms with Crippen molar-refractivity contribution in [3.05, 3.63) is 59.7 Å². The first-order valence-electron chi connectivity index (χ1n) is 7.95. The Kier molecular flexibility index (Phi) is 5.50. The Morgan fingerprint density at radius 1 is 1.07 bits per heavy atom. The van der Waals surface area contributed by atoms with Gasteiger partial charge in [-0.25, -0.2) is 9.18 Å². The Morgan fingerprint density at radius 3 is 2.56 bits per heavy atom. The number of para-hydroxylation sites is 1. The van der Waals surface area contributed by atoms with Gasteiger partial charge in [-0.15, -0.1) is 5.10 Å². The molecule has 0 saturated heterocycles. The molecular weight excluding hydrogens is 355 g/mol. The average molecular weight is 372 g/mol. The van der Waals surface area contributed by atoms with E-state index < -0.39 is 6.03 Å². The number of carbonyl (C=O) groups excluding carboxylic acids is 1. The first-order chi connectivity index (χ1) is 13.1. The number of hydrogen-bond donors (Lipinski definition) is 2. The number of urea groups is 1. The molecule has 8 nitrogen and oxygen atoms in total. The van der Waals surface area contributed by atoms with E-state index in [1.807, 2.05) is 0 Å². The maximum atomic E-state index is 12.9.